The van der Waals surface area contributed by atoms with E-state index in [9.17, 15) is 4.79 Å². The molecule has 1 heterocycles. The van der Waals surface area contributed by atoms with Crippen molar-refractivity contribution in [2.75, 3.05) is 24.1 Å². The quantitative estimate of drug-likeness (QED) is 0.539. The van der Waals surface area contributed by atoms with E-state index < -0.39 is 5.60 Å². The molecule has 0 N–H and O–H groups in total. The maximum atomic E-state index is 12.1. The number of rotatable bonds is 4. The predicted molar refractivity (Wildman–Crippen MR) is 87.3 cm³/mol. The first-order valence-electron chi connectivity index (χ1n) is 7.51. The fraction of sp³-hybridized carbons (Fsp3) is 0.933. The van der Waals surface area contributed by atoms with E-state index in [-0.39, 0.29) is 11.7 Å². The van der Waals surface area contributed by atoms with E-state index in [0.29, 0.717) is 0 Å². The highest BCUT2D eigenvalue weighted by Gasteiger charge is 2.38. The molecule has 0 radical (unpaired) electrons. The highest BCUT2D eigenvalue weighted by molar-refractivity contribution is 14.1. The molecule has 0 aromatic heterocycles. The van der Waals surface area contributed by atoms with Crippen LogP contribution in [0, 0.1) is 5.92 Å². The van der Waals surface area contributed by atoms with Gasteiger partial charge in [0.2, 0.25) is 0 Å². The molecule has 2 fully saturated rings. The lowest BCUT2D eigenvalue weighted by atomic mass is 9.93. The second-order valence-corrected chi connectivity index (χ2v) is 7.80. The number of piperidine rings is 1. The summed E-state index contributed by atoms with van der Waals surface area (Å²) in [6.07, 6.45) is 4.29. The van der Waals surface area contributed by atoms with Gasteiger partial charge in [-0.1, -0.05) is 22.6 Å². The average Bonchev–Trinajstić information content (AvgIpc) is 3.19. The fourth-order valence-electron chi connectivity index (χ4n) is 2.32. The molecule has 0 spiro atoms. The highest BCUT2D eigenvalue weighted by atomic mass is 127. The Morgan fingerprint density at radius 2 is 1.90 bits per heavy atom. The Morgan fingerprint density at radius 1 is 1.30 bits per heavy atom. The molecule has 0 bridgehead atoms. The Balaban J connectivity index is 1.81. The number of ether oxygens (including phenoxy) is 2. The Labute approximate surface area is 135 Å². The number of alkyl halides is 1. The van der Waals surface area contributed by atoms with Crippen LogP contribution in [0.2, 0.25) is 0 Å². The maximum absolute atomic E-state index is 12.1. The number of carbonyl (C=O) groups is 1. The summed E-state index contributed by atoms with van der Waals surface area (Å²) in [5.74, 6) is 0.790. The summed E-state index contributed by atoms with van der Waals surface area (Å²) in [6, 6.07) is 0. The van der Waals surface area contributed by atoms with Gasteiger partial charge in [-0.2, -0.15) is 0 Å². The summed E-state index contributed by atoms with van der Waals surface area (Å²) in [5.41, 5.74) is -0.445. The van der Waals surface area contributed by atoms with Crippen molar-refractivity contribution in [3.63, 3.8) is 0 Å². The van der Waals surface area contributed by atoms with Gasteiger partial charge in [-0.3, -0.25) is 0 Å². The SMILES string of the molecule is CC(C)(C)OC(=O)N1CCC(CI)(OCC2CC2)CC1. The first-order chi connectivity index (χ1) is 9.34. The van der Waals surface area contributed by atoms with E-state index in [1.54, 1.807) is 0 Å². The fourth-order valence-corrected chi connectivity index (χ4v) is 3.30. The van der Waals surface area contributed by atoms with Crippen molar-refractivity contribution in [3.05, 3.63) is 0 Å². The van der Waals surface area contributed by atoms with Crippen LogP contribution in [0.3, 0.4) is 0 Å². The van der Waals surface area contributed by atoms with Crippen molar-refractivity contribution in [1.29, 1.82) is 0 Å². The van der Waals surface area contributed by atoms with Crippen LogP contribution in [0.4, 0.5) is 4.79 Å². The minimum Gasteiger partial charge on any atom is -0.444 e. The van der Waals surface area contributed by atoms with Crippen LogP contribution in [0.15, 0.2) is 0 Å². The standard InChI is InChI=1S/C15H26INO3/c1-14(2,3)20-13(18)17-8-6-15(11-16,7-9-17)19-10-12-4-5-12/h12H,4-11H2,1-3H3. The average molecular weight is 395 g/mol. The van der Waals surface area contributed by atoms with Crippen LogP contribution in [0.1, 0.15) is 46.5 Å². The Bertz CT molecular complexity index is 342. The summed E-state index contributed by atoms with van der Waals surface area (Å²) in [6.45, 7) is 8.09. The third kappa shape index (κ3) is 4.76. The predicted octanol–water partition coefficient (Wildman–Crippen LogP) is 3.62. The molecule has 1 saturated carbocycles. The summed E-state index contributed by atoms with van der Waals surface area (Å²) < 4.78 is 12.6. The van der Waals surface area contributed by atoms with Crippen molar-refractivity contribution in [1.82, 2.24) is 4.90 Å². The highest BCUT2D eigenvalue weighted by Crippen LogP contribution is 2.34. The van der Waals surface area contributed by atoms with Gasteiger partial charge in [0.25, 0.3) is 0 Å². The van der Waals surface area contributed by atoms with Crippen molar-refractivity contribution < 1.29 is 14.3 Å². The second-order valence-electron chi connectivity index (χ2n) is 7.04. The topological polar surface area (TPSA) is 38.8 Å². The van der Waals surface area contributed by atoms with Crippen LogP contribution in [0.5, 0.6) is 0 Å². The molecular formula is C15H26INO3. The normalized spacial score (nSPS) is 22.7. The number of halogens is 1. The van der Waals surface area contributed by atoms with Gasteiger partial charge >= 0.3 is 6.09 Å². The zero-order chi connectivity index (χ0) is 14.8. The van der Waals surface area contributed by atoms with Crippen LogP contribution < -0.4 is 0 Å². The van der Waals surface area contributed by atoms with Crippen molar-refractivity contribution in [3.8, 4) is 0 Å². The molecule has 1 amide bonds. The van der Waals surface area contributed by atoms with E-state index in [0.717, 1.165) is 42.9 Å². The van der Waals surface area contributed by atoms with Crippen molar-refractivity contribution in [2.24, 2.45) is 5.92 Å². The minimum atomic E-state index is -0.419. The molecular weight excluding hydrogens is 369 g/mol. The number of likely N-dealkylation sites (tertiary alicyclic amines) is 1. The summed E-state index contributed by atoms with van der Waals surface area (Å²) in [4.78, 5) is 13.9. The van der Waals surface area contributed by atoms with E-state index in [4.69, 9.17) is 9.47 Å². The lowest BCUT2D eigenvalue weighted by molar-refractivity contribution is -0.0710. The van der Waals surface area contributed by atoms with Gasteiger partial charge in [-0.15, -0.1) is 0 Å². The van der Waals surface area contributed by atoms with Gasteiger partial charge < -0.3 is 14.4 Å². The third-order valence-electron chi connectivity index (χ3n) is 3.89. The molecule has 0 aromatic rings. The first-order valence-corrected chi connectivity index (χ1v) is 9.04. The molecule has 2 aliphatic rings. The lowest BCUT2D eigenvalue weighted by Gasteiger charge is -2.41. The smallest absolute Gasteiger partial charge is 0.410 e. The summed E-state index contributed by atoms with van der Waals surface area (Å²) in [5, 5.41) is 0. The number of hydrogen-bond acceptors (Lipinski definition) is 3. The molecule has 1 aliphatic carbocycles. The van der Waals surface area contributed by atoms with E-state index in [2.05, 4.69) is 22.6 Å². The monoisotopic (exact) mass is 395 g/mol. The Kier molecular flexibility index (Phi) is 5.21. The number of carbonyl (C=O) groups excluding carboxylic acids is 1. The summed E-state index contributed by atoms with van der Waals surface area (Å²) in [7, 11) is 0. The van der Waals surface area contributed by atoms with Gasteiger partial charge in [-0.25, -0.2) is 4.79 Å². The lowest BCUT2D eigenvalue weighted by Crippen LogP contribution is -2.50. The van der Waals surface area contributed by atoms with E-state index >= 15 is 0 Å². The van der Waals surface area contributed by atoms with E-state index in [1.165, 1.54) is 12.8 Å². The van der Waals surface area contributed by atoms with Gasteiger partial charge in [0.05, 0.1) is 12.2 Å². The molecule has 0 atom stereocenters. The van der Waals surface area contributed by atoms with E-state index in [1.807, 2.05) is 25.7 Å². The Hall–Kier alpha value is -0.0400. The molecule has 4 nitrogen and oxygen atoms in total. The molecule has 1 aliphatic heterocycles. The first kappa shape index (κ1) is 16.3. The van der Waals surface area contributed by atoms with Gasteiger partial charge in [-0.05, 0) is 52.4 Å². The van der Waals surface area contributed by atoms with Crippen LogP contribution in [-0.2, 0) is 9.47 Å². The zero-order valence-corrected chi connectivity index (χ0v) is 14.9. The van der Waals surface area contributed by atoms with Crippen LogP contribution in [0.25, 0.3) is 0 Å². The molecule has 116 valence electrons. The molecule has 2 rings (SSSR count). The number of nitrogens with zero attached hydrogens (tertiary/aromatic N) is 1. The molecule has 0 aromatic carbocycles. The van der Waals surface area contributed by atoms with Gasteiger partial charge in [0.15, 0.2) is 0 Å². The minimum absolute atomic E-state index is 0.0261. The number of hydrogen-bond donors (Lipinski definition) is 0. The second kappa shape index (κ2) is 6.38. The van der Waals surface area contributed by atoms with Crippen molar-refractivity contribution in [2.45, 2.75) is 57.7 Å². The van der Waals surface area contributed by atoms with Crippen LogP contribution >= 0.6 is 22.6 Å². The molecule has 0 unspecified atom stereocenters. The van der Waals surface area contributed by atoms with Gasteiger partial charge in [0, 0.05) is 17.5 Å². The molecule has 5 heteroatoms. The maximum Gasteiger partial charge on any atom is 0.410 e. The molecule has 20 heavy (non-hydrogen) atoms. The van der Waals surface area contributed by atoms with Crippen LogP contribution in [-0.4, -0.2) is 46.3 Å². The third-order valence-corrected chi connectivity index (χ3v) is 5.28. The summed E-state index contributed by atoms with van der Waals surface area (Å²) >= 11 is 2.41. The Morgan fingerprint density at radius 3 is 2.35 bits per heavy atom. The zero-order valence-electron chi connectivity index (χ0n) is 12.8. The van der Waals surface area contributed by atoms with Gasteiger partial charge in [0.1, 0.15) is 5.60 Å². The largest absolute Gasteiger partial charge is 0.444 e. The molecule has 1 saturated heterocycles. The number of amides is 1. The van der Waals surface area contributed by atoms with Crippen molar-refractivity contribution >= 4 is 28.7 Å².